The van der Waals surface area contributed by atoms with Crippen molar-refractivity contribution >= 4 is 5.78 Å². The highest BCUT2D eigenvalue weighted by Gasteiger charge is 2.18. The molecule has 0 bridgehead atoms. The van der Waals surface area contributed by atoms with Gasteiger partial charge in [0.2, 0.25) is 0 Å². The van der Waals surface area contributed by atoms with E-state index >= 15 is 0 Å². The molecular weight excluding hydrogens is 226 g/mol. The van der Waals surface area contributed by atoms with Crippen LogP contribution in [0.15, 0.2) is 18.2 Å². The maximum atomic E-state index is 12.2. The van der Waals surface area contributed by atoms with E-state index in [-0.39, 0.29) is 5.78 Å². The van der Waals surface area contributed by atoms with Gasteiger partial charge in [-0.2, -0.15) is 0 Å². The fraction of sp³-hybridized carbons (Fsp3) is 0.533. The Hall–Kier alpha value is -1.35. The lowest BCUT2D eigenvalue weighted by molar-refractivity contribution is 0.0952. The summed E-state index contributed by atoms with van der Waals surface area (Å²) in [5, 5.41) is 3.32. The molecular formula is C15H21NO2. The first-order chi connectivity index (χ1) is 8.70. The van der Waals surface area contributed by atoms with Crippen LogP contribution in [0.5, 0.6) is 5.75 Å². The number of benzene rings is 1. The maximum absolute atomic E-state index is 12.2. The molecule has 0 amide bonds. The van der Waals surface area contributed by atoms with Gasteiger partial charge in [0.05, 0.1) is 7.11 Å². The van der Waals surface area contributed by atoms with Crippen molar-refractivity contribution in [2.45, 2.75) is 26.2 Å². The minimum absolute atomic E-state index is 0.257. The van der Waals surface area contributed by atoms with Crippen molar-refractivity contribution in [3.05, 3.63) is 29.3 Å². The van der Waals surface area contributed by atoms with Crippen LogP contribution < -0.4 is 10.1 Å². The van der Waals surface area contributed by atoms with Crippen molar-refractivity contribution < 1.29 is 9.53 Å². The lowest BCUT2D eigenvalue weighted by Gasteiger charge is -2.21. The van der Waals surface area contributed by atoms with Crippen molar-refractivity contribution in [3.8, 4) is 5.75 Å². The molecule has 0 unspecified atom stereocenters. The minimum Gasteiger partial charge on any atom is -0.496 e. The number of ether oxygens (including phenoxy) is 1. The van der Waals surface area contributed by atoms with E-state index in [1.165, 1.54) is 0 Å². The van der Waals surface area contributed by atoms with Gasteiger partial charge in [0.1, 0.15) is 5.75 Å². The van der Waals surface area contributed by atoms with Gasteiger partial charge >= 0.3 is 0 Å². The van der Waals surface area contributed by atoms with Gasteiger partial charge in [-0.15, -0.1) is 0 Å². The Morgan fingerprint density at radius 3 is 2.72 bits per heavy atom. The summed E-state index contributed by atoms with van der Waals surface area (Å²) < 4.78 is 5.21. The van der Waals surface area contributed by atoms with Crippen LogP contribution in [0, 0.1) is 12.8 Å². The molecule has 0 spiro atoms. The number of hydrogen-bond donors (Lipinski definition) is 1. The zero-order valence-corrected chi connectivity index (χ0v) is 11.2. The summed E-state index contributed by atoms with van der Waals surface area (Å²) in [5.74, 6) is 1.64. The highest BCUT2D eigenvalue weighted by atomic mass is 16.5. The van der Waals surface area contributed by atoms with Gasteiger partial charge in [0.15, 0.2) is 5.78 Å². The number of carbonyl (C=O) groups is 1. The van der Waals surface area contributed by atoms with Crippen LogP contribution in [0.2, 0.25) is 0 Å². The molecule has 1 aliphatic heterocycles. The third-order valence-corrected chi connectivity index (χ3v) is 3.65. The number of piperidine rings is 1. The van der Waals surface area contributed by atoms with Crippen LogP contribution in [0.3, 0.4) is 0 Å². The Balaban J connectivity index is 2.01. The van der Waals surface area contributed by atoms with Crippen molar-refractivity contribution in [1.29, 1.82) is 0 Å². The van der Waals surface area contributed by atoms with Gasteiger partial charge in [0.25, 0.3) is 0 Å². The summed E-state index contributed by atoms with van der Waals surface area (Å²) in [6, 6.07) is 5.68. The molecule has 0 saturated carbocycles. The van der Waals surface area contributed by atoms with Crippen molar-refractivity contribution in [2.24, 2.45) is 5.92 Å². The molecule has 0 atom stereocenters. The molecule has 0 aromatic heterocycles. The van der Waals surface area contributed by atoms with Gasteiger partial charge in [-0.05, 0) is 62.5 Å². The predicted molar refractivity (Wildman–Crippen MR) is 72.3 cm³/mol. The summed E-state index contributed by atoms with van der Waals surface area (Å²) in [5.41, 5.74) is 1.83. The molecule has 1 aliphatic rings. The average Bonchev–Trinajstić information content (AvgIpc) is 2.39. The van der Waals surface area contributed by atoms with E-state index in [0.717, 1.165) is 42.8 Å². The Labute approximate surface area is 109 Å². The van der Waals surface area contributed by atoms with Crippen LogP contribution in [-0.4, -0.2) is 26.0 Å². The van der Waals surface area contributed by atoms with E-state index in [0.29, 0.717) is 12.3 Å². The number of Topliss-reactive ketones (excluding diaryl/α,β-unsaturated/α-hetero) is 1. The Morgan fingerprint density at radius 1 is 1.39 bits per heavy atom. The third kappa shape index (κ3) is 3.10. The molecule has 1 saturated heterocycles. The molecule has 0 aliphatic carbocycles. The van der Waals surface area contributed by atoms with E-state index in [1.54, 1.807) is 7.11 Å². The van der Waals surface area contributed by atoms with Crippen LogP contribution in [0.4, 0.5) is 0 Å². The summed E-state index contributed by atoms with van der Waals surface area (Å²) in [6.07, 6.45) is 2.90. The first-order valence-electron chi connectivity index (χ1n) is 6.59. The van der Waals surface area contributed by atoms with E-state index < -0.39 is 0 Å². The standard InChI is InChI=1S/C15H21NO2/c1-11-9-13(3-4-15(11)18-2)14(17)10-12-5-7-16-8-6-12/h3-4,9,12,16H,5-8,10H2,1-2H3. The number of aryl methyl sites for hydroxylation is 1. The van der Waals surface area contributed by atoms with Gasteiger partial charge in [-0.3, -0.25) is 4.79 Å². The van der Waals surface area contributed by atoms with E-state index in [4.69, 9.17) is 4.74 Å². The number of nitrogens with one attached hydrogen (secondary N) is 1. The quantitative estimate of drug-likeness (QED) is 0.831. The molecule has 18 heavy (non-hydrogen) atoms. The fourth-order valence-corrected chi connectivity index (χ4v) is 2.52. The Kier molecular flexibility index (Phi) is 4.37. The van der Waals surface area contributed by atoms with Crippen LogP contribution in [-0.2, 0) is 0 Å². The zero-order valence-electron chi connectivity index (χ0n) is 11.2. The van der Waals surface area contributed by atoms with Gasteiger partial charge in [0, 0.05) is 12.0 Å². The highest BCUT2D eigenvalue weighted by molar-refractivity contribution is 5.96. The van der Waals surface area contributed by atoms with Gasteiger partial charge in [-0.25, -0.2) is 0 Å². The molecule has 3 nitrogen and oxygen atoms in total. The summed E-state index contributed by atoms with van der Waals surface area (Å²) in [4.78, 5) is 12.2. The lowest BCUT2D eigenvalue weighted by atomic mass is 9.90. The predicted octanol–water partition coefficient (Wildman–Crippen LogP) is 2.58. The van der Waals surface area contributed by atoms with Crippen molar-refractivity contribution in [2.75, 3.05) is 20.2 Å². The summed E-state index contributed by atoms with van der Waals surface area (Å²) in [6.45, 7) is 4.05. The molecule has 98 valence electrons. The Bertz CT molecular complexity index is 423. The third-order valence-electron chi connectivity index (χ3n) is 3.65. The van der Waals surface area contributed by atoms with E-state index in [2.05, 4.69) is 5.32 Å². The summed E-state index contributed by atoms with van der Waals surface area (Å²) in [7, 11) is 1.65. The smallest absolute Gasteiger partial charge is 0.163 e. The highest BCUT2D eigenvalue weighted by Crippen LogP contribution is 2.22. The molecule has 1 aromatic carbocycles. The van der Waals surface area contributed by atoms with Crippen molar-refractivity contribution in [3.63, 3.8) is 0 Å². The molecule has 3 heteroatoms. The van der Waals surface area contributed by atoms with Crippen LogP contribution >= 0.6 is 0 Å². The van der Waals surface area contributed by atoms with Crippen molar-refractivity contribution in [1.82, 2.24) is 5.32 Å². The number of rotatable bonds is 4. The first-order valence-corrected chi connectivity index (χ1v) is 6.59. The number of ketones is 1. The van der Waals surface area contributed by atoms with Crippen LogP contribution in [0.1, 0.15) is 35.2 Å². The number of methoxy groups -OCH3 is 1. The Morgan fingerprint density at radius 2 is 2.11 bits per heavy atom. The molecule has 1 fully saturated rings. The average molecular weight is 247 g/mol. The van der Waals surface area contributed by atoms with Crippen LogP contribution in [0.25, 0.3) is 0 Å². The largest absolute Gasteiger partial charge is 0.496 e. The zero-order chi connectivity index (χ0) is 13.0. The number of hydrogen-bond acceptors (Lipinski definition) is 3. The first kappa shape index (κ1) is 13.1. The fourth-order valence-electron chi connectivity index (χ4n) is 2.52. The topological polar surface area (TPSA) is 38.3 Å². The minimum atomic E-state index is 0.257. The maximum Gasteiger partial charge on any atom is 0.163 e. The second-order valence-electron chi connectivity index (χ2n) is 5.01. The molecule has 0 radical (unpaired) electrons. The summed E-state index contributed by atoms with van der Waals surface area (Å²) >= 11 is 0. The molecule has 1 heterocycles. The number of carbonyl (C=O) groups excluding carboxylic acids is 1. The SMILES string of the molecule is COc1ccc(C(=O)CC2CCNCC2)cc1C. The van der Waals surface area contributed by atoms with Gasteiger partial charge in [-0.1, -0.05) is 0 Å². The van der Waals surface area contributed by atoms with E-state index in [9.17, 15) is 4.79 Å². The lowest BCUT2D eigenvalue weighted by Crippen LogP contribution is -2.28. The molecule has 2 rings (SSSR count). The normalized spacial score (nSPS) is 16.6. The molecule has 1 N–H and O–H groups in total. The van der Waals surface area contributed by atoms with Gasteiger partial charge < -0.3 is 10.1 Å². The molecule has 1 aromatic rings. The second-order valence-corrected chi connectivity index (χ2v) is 5.01. The second kappa shape index (κ2) is 6.01. The monoisotopic (exact) mass is 247 g/mol. The van der Waals surface area contributed by atoms with E-state index in [1.807, 2.05) is 25.1 Å².